The Morgan fingerprint density at radius 1 is 1.28 bits per heavy atom. The molecule has 0 aliphatic carbocycles. The van der Waals surface area contributed by atoms with Gasteiger partial charge in [-0.1, -0.05) is 29.8 Å². The first kappa shape index (κ1) is 20.1. The van der Waals surface area contributed by atoms with Crippen molar-refractivity contribution >= 4 is 23.2 Å². The molecule has 1 saturated heterocycles. The number of aryl methyl sites for hydroxylation is 1. The van der Waals surface area contributed by atoms with Gasteiger partial charge in [0.2, 0.25) is 11.8 Å². The minimum absolute atomic E-state index is 0.00448. The molecule has 1 aromatic heterocycles. The molecule has 3 heterocycles. The lowest BCUT2D eigenvalue weighted by atomic mass is 10.1. The van der Waals surface area contributed by atoms with Crippen LogP contribution in [0.4, 0.5) is 0 Å². The Balaban J connectivity index is 1.25. The lowest BCUT2D eigenvalue weighted by Gasteiger charge is -2.32. The van der Waals surface area contributed by atoms with Gasteiger partial charge in [0, 0.05) is 50.1 Å². The van der Waals surface area contributed by atoms with Gasteiger partial charge in [0.05, 0.1) is 5.92 Å². The molecule has 2 unspecified atom stereocenters. The highest BCUT2D eigenvalue weighted by atomic mass is 32.1. The van der Waals surface area contributed by atoms with Crippen molar-refractivity contribution in [1.82, 2.24) is 15.1 Å². The first-order valence-corrected chi connectivity index (χ1v) is 11.3. The van der Waals surface area contributed by atoms with Crippen LogP contribution in [0.3, 0.4) is 0 Å². The summed E-state index contributed by atoms with van der Waals surface area (Å²) in [6.45, 7) is 7.93. The Morgan fingerprint density at radius 2 is 2.07 bits per heavy atom. The fourth-order valence-corrected chi connectivity index (χ4v) is 5.07. The summed E-state index contributed by atoms with van der Waals surface area (Å²) in [6.07, 6.45) is 1.41. The van der Waals surface area contributed by atoms with Gasteiger partial charge < -0.3 is 10.2 Å². The van der Waals surface area contributed by atoms with E-state index in [0.29, 0.717) is 26.1 Å². The second-order valence-corrected chi connectivity index (χ2v) is 9.35. The largest absolute Gasteiger partial charge is 0.354 e. The summed E-state index contributed by atoms with van der Waals surface area (Å²) in [5.41, 5.74) is 3.74. The molecule has 5 nitrogen and oxygen atoms in total. The summed E-state index contributed by atoms with van der Waals surface area (Å²) in [6, 6.07) is 10.7. The van der Waals surface area contributed by atoms with Crippen molar-refractivity contribution in [2.24, 2.45) is 5.92 Å². The summed E-state index contributed by atoms with van der Waals surface area (Å²) in [5, 5.41) is 5.26. The summed E-state index contributed by atoms with van der Waals surface area (Å²) in [4.78, 5) is 30.8. The van der Waals surface area contributed by atoms with Gasteiger partial charge in [-0.15, -0.1) is 11.3 Å². The van der Waals surface area contributed by atoms with Gasteiger partial charge in [0.15, 0.2) is 0 Å². The smallest absolute Gasteiger partial charge is 0.225 e. The molecule has 29 heavy (non-hydrogen) atoms. The van der Waals surface area contributed by atoms with Crippen LogP contribution in [-0.4, -0.2) is 47.3 Å². The highest BCUT2D eigenvalue weighted by Gasteiger charge is 2.34. The van der Waals surface area contributed by atoms with E-state index in [1.54, 1.807) is 4.90 Å². The van der Waals surface area contributed by atoms with Crippen LogP contribution in [0.1, 0.15) is 34.9 Å². The predicted molar refractivity (Wildman–Crippen MR) is 116 cm³/mol. The number of rotatable bonds is 6. The summed E-state index contributed by atoms with van der Waals surface area (Å²) in [5.74, 6) is -0.172. The molecule has 2 aliphatic rings. The fraction of sp³-hybridized carbons (Fsp3) is 0.478. The third-order valence-electron chi connectivity index (χ3n) is 6.11. The third-order valence-corrected chi connectivity index (χ3v) is 7.13. The number of nitrogens with zero attached hydrogens (tertiary/aromatic N) is 2. The van der Waals surface area contributed by atoms with Crippen molar-refractivity contribution in [2.45, 2.75) is 45.8 Å². The minimum Gasteiger partial charge on any atom is -0.354 e. The molecule has 2 amide bonds. The zero-order valence-corrected chi connectivity index (χ0v) is 18.0. The molecule has 2 aromatic rings. The molecule has 1 aromatic carbocycles. The van der Waals surface area contributed by atoms with E-state index in [0.717, 1.165) is 25.1 Å². The van der Waals surface area contributed by atoms with Crippen molar-refractivity contribution in [3.8, 4) is 0 Å². The van der Waals surface area contributed by atoms with Crippen LogP contribution in [0, 0.1) is 12.8 Å². The van der Waals surface area contributed by atoms with Gasteiger partial charge in [0.25, 0.3) is 0 Å². The molecule has 4 rings (SSSR count). The molecule has 2 aliphatic heterocycles. The van der Waals surface area contributed by atoms with Gasteiger partial charge in [-0.2, -0.15) is 0 Å². The topological polar surface area (TPSA) is 52.7 Å². The number of thiophene rings is 1. The van der Waals surface area contributed by atoms with Crippen molar-refractivity contribution in [1.29, 1.82) is 0 Å². The summed E-state index contributed by atoms with van der Waals surface area (Å²) >= 11 is 1.84. The minimum atomic E-state index is -0.245. The quantitative estimate of drug-likeness (QED) is 0.795. The van der Waals surface area contributed by atoms with E-state index >= 15 is 0 Å². The normalized spacial score (nSPS) is 20.6. The van der Waals surface area contributed by atoms with Crippen LogP contribution in [0.15, 0.2) is 35.7 Å². The van der Waals surface area contributed by atoms with E-state index < -0.39 is 0 Å². The average molecular weight is 412 g/mol. The summed E-state index contributed by atoms with van der Waals surface area (Å²) in [7, 11) is 0. The standard InChI is InChI=1S/C23H29N3O2S/c1-16-3-5-18(6-4-16)13-26-15-20(11-22(26)27)23(28)24-12-17(2)25-9-7-21-19(14-25)8-10-29-21/h3-6,8,10,17,20H,7,9,11-15H2,1-2H3,(H,24,28). The van der Waals surface area contributed by atoms with Gasteiger partial charge >= 0.3 is 0 Å². The van der Waals surface area contributed by atoms with Gasteiger partial charge in [0.1, 0.15) is 0 Å². The maximum atomic E-state index is 12.7. The number of amides is 2. The second kappa shape index (κ2) is 8.67. The molecule has 2 atom stereocenters. The number of benzene rings is 1. The van der Waals surface area contributed by atoms with Gasteiger partial charge in [-0.05, 0) is 42.8 Å². The Hall–Kier alpha value is -2.18. The van der Waals surface area contributed by atoms with Gasteiger partial charge in [-0.3, -0.25) is 14.5 Å². The number of fused-ring (bicyclic) bond motifs is 1. The van der Waals surface area contributed by atoms with E-state index in [1.807, 2.05) is 11.3 Å². The molecule has 0 radical (unpaired) electrons. The number of hydrogen-bond acceptors (Lipinski definition) is 4. The molecule has 0 bridgehead atoms. The number of carbonyl (C=O) groups excluding carboxylic acids is 2. The van der Waals surface area contributed by atoms with E-state index in [4.69, 9.17) is 0 Å². The van der Waals surface area contributed by atoms with E-state index in [1.165, 1.54) is 16.0 Å². The zero-order chi connectivity index (χ0) is 20.4. The first-order chi connectivity index (χ1) is 14.0. The van der Waals surface area contributed by atoms with Crippen LogP contribution in [0.2, 0.25) is 0 Å². The molecule has 1 fully saturated rings. The fourth-order valence-electron chi connectivity index (χ4n) is 4.18. The Bertz CT molecular complexity index is 877. The zero-order valence-electron chi connectivity index (χ0n) is 17.2. The molecule has 154 valence electrons. The van der Waals surface area contributed by atoms with E-state index in [2.05, 4.69) is 59.8 Å². The lowest BCUT2D eigenvalue weighted by molar-refractivity contribution is -0.129. The van der Waals surface area contributed by atoms with Crippen LogP contribution >= 0.6 is 11.3 Å². The number of hydrogen-bond donors (Lipinski definition) is 1. The Kier molecular flexibility index (Phi) is 6.01. The number of likely N-dealkylation sites (tertiary alicyclic amines) is 1. The SMILES string of the molecule is Cc1ccc(CN2CC(C(=O)NCC(C)N3CCc4sccc4C3)CC2=O)cc1. The maximum Gasteiger partial charge on any atom is 0.225 e. The van der Waals surface area contributed by atoms with Crippen LogP contribution < -0.4 is 5.32 Å². The second-order valence-electron chi connectivity index (χ2n) is 8.34. The molecular formula is C23H29N3O2S. The molecule has 1 N–H and O–H groups in total. The van der Waals surface area contributed by atoms with Crippen molar-refractivity contribution in [2.75, 3.05) is 19.6 Å². The average Bonchev–Trinajstić information content (AvgIpc) is 3.33. The van der Waals surface area contributed by atoms with Crippen LogP contribution in [-0.2, 0) is 29.1 Å². The van der Waals surface area contributed by atoms with Gasteiger partial charge in [-0.25, -0.2) is 0 Å². The van der Waals surface area contributed by atoms with Crippen LogP contribution in [0.5, 0.6) is 0 Å². The Morgan fingerprint density at radius 3 is 2.86 bits per heavy atom. The lowest BCUT2D eigenvalue weighted by Crippen LogP contribution is -2.45. The van der Waals surface area contributed by atoms with E-state index in [-0.39, 0.29) is 23.8 Å². The monoisotopic (exact) mass is 411 g/mol. The highest BCUT2D eigenvalue weighted by Crippen LogP contribution is 2.25. The number of nitrogens with one attached hydrogen (secondary N) is 1. The van der Waals surface area contributed by atoms with Crippen molar-refractivity contribution < 1.29 is 9.59 Å². The van der Waals surface area contributed by atoms with Crippen LogP contribution in [0.25, 0.3) is 0 Å². The molecule has 0 saturated carbocycles. The van der Waals surface area contributed by atoms with Crippen molar-refractivity contribution in [3.63, 3.8) is 0 Å². The Labute approximate surface area is 176 Å². The number of carbonyl (C=O) groups is 2. The predicted octanol–water partition coefficient (Wildman–Crippen LogP) is 2.97. The first-order valence-electron chi connectivity index (χ1n) is 10.4. The maximum absolute atomic E-state index is 12.7. The third kappa shape index (κ3) is 4.70. The molecule has 6 heteroatoms. The molecule has 0 spiro atoms. The summed E-state index contributed by atoms with van der Waals surface area (Å²) < 4.78 is 0. The highest BCUT2D eigenvalue weighted by molar-refractivity contribution is 7.10. The molecular weight excluding hydrogens is 382 g/mol. The van der Waals surface area contributed by atoms with E-state index in [9.17, 15) is 9.59 Å². The van der Waals surface area contributed by atoms with Crippen molar-refractivity contribution in [3.05, 3.63) is 57.3 Å².